The Hall–Kier alpha value is -2.71. The van der Waals surface area contributed by atoms with Crippen molar-refractivity contribution >= 4 is 0 Å². The van der Waals surface area contributed by atoms with E-state index in [-0.39, 0.29) is 0 Å². The Morgan fingerprint density at radius 1 is 1.03 bits per heavy atom. The van der Waals surface area contributed by atoms with Crippen molar-refractivity contribution in [1.82, 2.24) is 25.6 Å². The van der Waals surface area contributed by atoms with E-state index in [2.05, 4.69) is 32.5 Å². The van der Waals surface area contributed by atoms with E-state index in [0.717, 1.165) is 49.5 Å². The third-order valence-corrected chi connectivity index (χ3v) is 5.27. The summed E-state index contributed by atoms with van der Waals surface area (Å²) in [6.45, 7) is 6.34. The molecule has 1 atom stereocenters. The van der Waals surface area contributed by atoms with Gasteiger partial charge in [-0.2, -0.15) is 13.2 Å². The lowest BCUT2D eigenvalue weighted by Crippen LogP contribution is -2.31. The molecule has 0 fully saturated rings. The van der Waals surface area contributed by atoms with Crippen molar-refractivity contribution in [3.63, 3.8) is 0 Å². The summed E-state index contributed by atoms with van der Waals surface area (Å²) < 4.78 is 38.2. The monoisotopic (exact) mass is 431 g/mol. The van der Waals surface area contributed by atoms with Gasteiger partial charge in [-0.25, -0.2) is 4.98 Å². The first kappa shape index (κ1) is 23.0. The number of H-pyrrole nitrogens is 1. The van der Waals surface area contributed by atoms with Crippen LogP contribution in [0.3, 0.4) is 0 Å². The molecule has 0 saturated carbocycles. The summed E-state index contributed by atoms with van der Waals surface area (Å²) >= 11 is 0. The molecule has 1 aromatic carbocycles. The van der Waals surface area contributed by atoms with Gasteiger partial charge >= 0.3 is 6.18 Å². The van der Waals surface area contributed by atoms with Gasteiger partial charge in [0.2, 0.25) is 0 Å². The highest BCUT2D eigenvalue weighted by Crippen LogP contribution is 2.30. The number of imidazole rings is 1. The van der Waals surface area contributed by atoms with Crippen molar-refractivity contribution in [3.8, 4) is 11.4 Å². The fourth-order valence-corrected chi connectivity index (χ4v) is 3.32. The quantitative estimate of drug-likeness (QED) is 0.402. The number of hydrogen-bond donors (Lipinski definition) is 3. The number of aromatic nitrogens is 3. The number of alkyl halides is 3. The van der Waals surface area contributed by atoms with E-state index in [1.54, 1.807) is 12.4 Å². The molecule has 2 heterocycles. The predicted molar refractivity (Wildman–Crippen MR) is 115 cm³/mol. The summed E-state index contributed by atoms with van der Waals surface area (Å²) in [5, 5.41) is 6.98. The molecule has 8 heteroatoms. The largest absolute Gasteiger partial charge is 0.416 e. The number of nitrogens with one attached hydrogen (secondary N) is 3. The predicted octanol–water partition coefficient (Wildman–Crippen LogP) is 4.85. The standard InChI is InChI=1S/C23H28F3N5/c1-3-20(29-14-17-8-11-27-12-9-17)10-13-28-15-21-16(2)30-22(31-21)18-4-6-19(7-5-18)23(24,25)26/h4-9,11-12,20,28-29H,3,10,13-15H2,1-2H3,(H,30,31). The minimum atomic E-state index is -4.34. The molecule has 31 heavy (non-hydrogen) atoms. The van der Waals surface area contributed by atoms with Gasteiger partial charge < -0.3 is 15.6 Å². The van der Waals surface area contributed by atoms with Crippen LogP contribution in [0.5, 0.6) is 0 Å². The second-order valence-corrected chi connectivity index (χ2v) is 7.54. The van der Waals surface area contributed by atoms with Crippen molar-refractivity contribution in [2.45, 2.75) is 52.0 Å². The number of rotatable bonds is 10. The molecule has 5 nitrogen and oxygen atoms in total. The van der Waals surface area contributed by atoms with Crippen LogP contribution in [0.4, 0.5) is 13.2 Å². The third kappa shape index (κ3) is 6.63. The van der Waals surface area contributed by atoms with Crippen LogP contribution in [0.15, 0.2) is 48.8 Å². The zero-order valence-corrected chi connectivity index (χ0v) is 17.8. The Kier molecular flexibility index (Phi) is 7.81. The van der Waals surface area contributed by atoms with Crippen LogP contribution in [-0.2, 0) is 19.3 Å². The molecule has 3 rings (SSSR count). The average molecular weight is 432 g/mol. The lowest BCUT2D eigenvalue weighted by molar-refractivity contribution is -0.137. The highest BCUT2D eigenvalue weighted by atomic mass is 19.4. The molecule has 3 N–H and O–H groups in total. The number of benzene rings is 1. The molecule has 0 aliphatic rings. The van der Waals surface area contributed by atoms with E-state index in [1.807, 2.05) is 19.1 Å². The number of pyridine rings is 1. The van der Waals surface area contributed by atoms with Gasteiger partial charge in [0.05, 0.1) is 11.3 Å². The Labute approximate surface area is 180 Å². The van der Waals surface area contributed by atoms with Crippen molar-refractivity contribution in [2.24, 2.45) is 0 Å². The maximum absolute atomic E-state index is 12.7. The SMILES string of the molecule is CCC(CCNCc1nc(-c2ccc(C(F)(F)F)cc2)[nH]c1C)NCc1ccncc1. The van der Waals surface area contributed by atoms with E-state index in [9.17, 15) is 13.2 Å². The smallest absolute Gasteiger partial charge is 0.342 e. The molecular formula is C23H28F3N5. The molecule has 166 valence electrons. The second-order valence-electron chi connectivity index (χ2n) is 7.54. The third-order valence-electron chi connectivity index (χ3n) is 5.27. The highest BCUT2D eigenvalue weighted by molar-refractivity contribution is 5.56. The molecule has 0 aliphatic heterocycles. The molecule has 0 saturated heterocycles. The molecule has 0 aliphatic carbocycles. The van der Waals surface area contributed by atoms with Gasteiger partial charge in [0.25, 0.3) is 0 Å². The first-order valence-electron chi connectivity index (χ1n) is 10.4. The number of aromatic amines is 1. The van der Waals surface area contributed by atoms with Crippen molar-refractivity contribution in [1.29, 1.82) is 0 Å². The molecule has 1 unspecified atom stereocenters. The van der Waals surface area contributed by atoms with Gasteiger partial charge in [-0.15, -0.1) is 0 Å². The first-order chi connectivity index (χ1) is 14.9. The van der Waals surface area contributed by atoms with Crippen LogP contribution in [0, 0.1) is 6.92 Å². The van der Waals surface area contributed by atoms with Crippen LogP contribution in [0.2, 0.25) is 0 Å². The Bertz CT molecular complexity index is 936. The van der Waals surface area contributed by atoms with Crippen LogP contribution in [-0.4, -0.2) is 27.5 Å². The van der Waals surface area contributed by atoms with Gasteiger partial charge in [0, 0.05) is 42.8 Å². The summed E-state index contributed by atoms with van der Waals surface area (Å²) in [5.74, 6) is 0.577. The minimum absolute atomic E-state index is 0.406. The van der Waals surface area contributed by atoms with Gasteiger partial charge in [-0.3, -0.25) is 4.98 Å². The maximum Gasteiger partial charge on any atom is 0.416 e. The molecule has 3 aromatic rings. The van der Waals surface area contributed by atoms with E-state index >= 15 is 0 Å². The highest BCUT2D eigenvalue weighted by Gasteiger charge is 2.30. The van der Waals surface area contributed by atoms with Crippen LogP contribution >= 0.6 is 0 Å². The lowest BCUT2D eigenvalue weighted by Gasteiger charge is -2.17. The molecule has 0 radical (unpaired) electrons. The van der Waals surface area contributed by atoms with Crippen LogP contribution < -0.4 is 10.6 Å². The van der Waals surface area contributed by atoms with Crippen molar-refractivity contribution < 1.29 is 13.2 Å². The van der Waals surface area contributed by atoms with Crippen LogP contribution in [0.25, 0.3) is 11.4 Å². The molecular weight excluding hydrogens is 403 g/mol. The Morgan fingerprint density at radius 2 is 1.74 bits per heavy atom. The maximum atomic E-state index is 12.7. The first-order valence-corrected chi connectivity index (χ1v) is 10.4. The lowest BCUT2D eigenvalue weighted by atomic mass is 10.1. The van der Waals surface area contributed by atoms with Crippen molar-refractivity contribution in [3.05, 3.63) is 71.3 Å². The number of hydrogen-bond acceptors (Lipinski definition) is 4. The summed E-state index contributed by atoms with van der Waals surface area (Å²) in [7, 11) is 0. The molecule has 0 bridgehead atoms. The zero-order valence-electron chi connectivity index (χ0n) is 17.8. The molecule has 0 amide bonds. The van der Waals surface area contributed by atoms with E-state index in [0.29, 0.717) is 24.0 Å². The van der Waals surface area contributed by atoms with Gasteiger partial charge in [0.1, 0.15) is 5.82 Å². The number of nitrogens with zero attached hydrogens (tertiary/aromatic N) is 2. The normalized spacial score (nSPS) is 12.8. The number of halogens is 3. The van der Waals surface area contributed by atoms with Crippen LogP contribution in [0.1, 0.15) is 42.3 Å². The molecule has 2 aromatic heterocycles. The van der Waals surface area contributed by atoms with E-state index in [1.165, 1.54) is 17.7 Å². The topological polar surface area (TPSA) is 65.6 Å². The average Bonchev–Trinajstić information content (AvgIpc) is 3.14. The second kappa shape index (κ2) is 10.5. The van der Waals surface area contributed by atoms with Gasteiger partial charge in [-0.1, -0.05) is 19.1 Å². The minimum Gasteiger partial charge on any atom is -0.342 e. The Morgan fingerprint density at radius 3 is 2.39 bits per heavy atom. The van der Waals surface area contributed by atoms with Gasteiger partial charge in [0.15, 0.2) is 0 Å². The van der Waals surface area contributed by atoms with Crippen molar-refractivity contribution in [2.75, 3.05) is 6.54 Å². The Balaban J connectivity index is 1.48. The summed E-state index contributed by atoms with van der Waals surface area (Å²) in [4.78, 5) is 11.8. The summed E-state index contributed by atoms with van der Waals surface area (Å²) in [6.07, 6.45) is 1.27. The fourth-order valence-electron chi connectivity index (χ4n) is 3.32. The van der Waals surface area contributed by atoms with E-state index < -0.39 is 11.7 Å². The zero-order chi connectivity index (χ0) is 22.3. The summed E-state index contributed by atoms with van der Waals surface area (Å²) in [5.41, 5.74) is 2.96. The fraction of sp³-hybridized carbons (Fsp3) is 0.391. The van der Waals surface area contributed by atoms with E-state index in [4.69, 9.17) is 0 Å². The summed E-state index contributed by atoms with van der Waals surface area (Å²) in [6, 6.07) is 9.46. The molecule has 0 spiro atoms. The van der Waals surface area contributed by atoms with Gasteiger partial charge in [-0.05, 0) is 56.1 Å². The number of aryl methyl sites for hydroxylation is 1.